The highest BCUT2D eigenvalue weighted by Gasteiger charge is 2.33. The molecule has 2 aliphatic rings. The van der Waals surface area contributed by atoms with Crippen LogP contribution < -0.4 is 25.6 Å². The summed E-state index contributed by atoms with van der Waals surface area (Å²) in [7, 11) is 0. The number of amides is 5. The average molecular weight is 529 g/mol. The topological polar surface area (TPSA) is 116 Å². The van der Waals surface area contributed by atoms with Crippen LogP contribution in [-0.4, -0.2) is 54.0 Å². The number of ether oxygens (including phenoxy) is 1. The number of nitrogens with zero attached hydrogens (tertiary/aromatic N) is 3. The molecular formula is C27H24N6O4S. The molecule has 0 radical (unpaired) electrons. The number of carbonyl (C=O) groups is 3. The Bertz CT molecular complexity index is 1570. The molecule has 0 saturated carbocycles. The van der Waals surface area contributed by atoms with E-state index in [1.165, 1.54) is 11.3 Å². The number of thiophene rings is 1. The normalized spacial score (nSPS) is 14.4. The van der Waals surface area contributed by atoms with Crippen molar-refractivity contribution in [1.82, 2.24) is 20.5 Å². The third kappa shape index (κ3) is 4.26. The van der Waals surface area contributed by atoms with Gasteiger partial charge in [-0.25, -0.2) is 14.6 Å². The summed E-state index contributed by atoms with van der Waals surface area (Å²) in [5, 5.41) is 9.23. The van der Waals surface area contributed by atoms with Crippen molar-refractivity contribution < 1.29 is 19.1 Å². The number of aryl methyl sites for hydroxylation is 1. The van der Waals surface area contributed by atoms with E-state index in [2.05, 4.69) is 20.9 Å². The van der Waals surface area contributed by atoms with Gasteiger partial charge in [-0.3, -0.25) is 9.69 Å². The second-order valence-electron chi connectivity index (χ2n) is 8.92. The summed E-state index contributed by atoms with van der Waals surface area (Å²) < 4.78 is 5.95. The molecule has 4 heterocycles. The van der Waals surface area contributed by atoms with E-state index in [0.29, 0.717) is 64.1 Å². The average Bonchev–Trinajstić information content (AvgIpc) is 3.49. The molecule has 0 spiro atoms. The van der Waals surface area contributed by atoms with E-state index in [0.717, 1.165) is 11.3 Å². The number of hydrogen-bond acceptors (Lipinski definition) is 6. The van der Waals surface area contributed by atoms with Crippen LogP contribution >= 0.6 is 11.3 Å². The Hall–Kier alpha value is -4.64. The number of pyridine rings is 1. The van der Waals surface area contributed by atoms with Crippen molar-refractivity contribution >= 4 is 56.6 Å². The van der Waals surface area contributed by atoms with Gasteiger partial charge in [0.25, 0.3) is 5.91 Å². The summed E-state index contributed by atoms with van der Waals surface area (Å²) in [5.74, 6) is 1.07. The first-order valence-corrected chi connectivity index (χ1v) is 13.0. The number of nitrogens with one attached hydrogen (secondary N) is 3. The summed E-state index contributed by atoms with van der Waals surface area (Å²) in [6.07, 6.45) is 1.64. The highest BCUT2D eigenvalue weighted by atomic mass is 32.1. The number of para-hydroxylation sites is 1. The van der Waals surface area contributed by atoms with E-state index < -0.39 is 0 Å². The second kappa shape index (κ2) is 9.67. The molecule has 2 aromatic carbocycles. The van der Waals surface area contributed by atoms with Crippen LogP contribution in [0.5, 0.6) is 11.5 Å². The Labute approximate surface area is 222 Å². The highest BCUT2D eigenvalue weighted by Crippen LogP contribution is 2.46. The smallest absolute Gasteiger partial charge is 0.331 e. The molecule has 0 atom stereocenters. The van der Waals surface area contributed by atoms with Crippen molar-refractivity contribution in [3.05, 3.63) is 71.2 Å². The lowest BCUT2D eigenvalue weighted by Crippen LogP contribution is -2.37. The van der Waals surface area contributed by atoms with Crippen molar-refractivity contribution in [3.63, 3.8) is 0 Å². The van der Waals surface area contributed by atoms with E-state index in [1.807, 2.05) is 55.5 Å². The van der Waals surface area contributed by atoms with Crippen LogP contribution in [0.25, 0.3) is 10.2 Å². The minimum Gasteiger partial charge on any atom is -0.457 e. The van der Waals surface area contributed by atoms with Crippen LogP contribution in [-0.2, 0) is 0 Å². The van der Waals surface area contributed by atoms with E-state index in [1.54, 1.807) is 22.1 Å². The molecule has 2 aliphatic heterocycles. The largest absolute Gasteiger partial charge is 0.457 e. The highest BCUT2D eigenvalue weighted by molar-refractivity contribution is 7.21. The predicted molar refractivity (Wildman–Crippen MR) is 146 cm³/mol. The van der Waals surface area contributed by atoms with E-state index >= 15 is 0 Å². The van der Waals surface area contributed by atoms with Crippen LogP contribution in [0.2, 0.25) is 0 Å². The number of aromatic nitrogens is 1. The third-order valence-corrected chi connectivity index (χ3v) is 7.55. The summed E-state index contributed by atoms with van der Waals surface area (Å²) >= 11 is 1.22. The first-order chi connectivity index (χ1) is 18.5. The number of urea groups is 2. The molecular weight excluding hydrogens is 504 g/mol. The Morgan fingerprint density at radius 3 is 2.68 bits per heavy atom. The predicted octanol–water partition coefficient (Wildman–Crippen LogP) is 4.84. The molecule has 4 aromatic rings. The van der Waals surface area contributed by atoms with E-state index in [-0.39, 0.29) is 18.0 Å². The van der Waals surface area contributed by atoms with Gasteiger partial charge in [0.05, 0.1) is 22.4 Å². The van der Waals surface area contributed by atoms with Crippen molar-refractivity contribution in [3.8, 4) is 11.5 Å². The van der Waals surface area contributed by atoms with Crippen LogP contribution in [0, 0.1) is 6.92 Å². The lowest BCUT2D eigenvalue weighted by molar-refractivity contribution is 0.0955. The summed E-state index contributed by atoms with van der Waals surface area (Å²) in [4.78, 5) is 46.9. The monoisotopic (exact) mass is 528 g/mol. The fourth-order valence-electron chi connectivity index (χ4n) is 4.66. The molecule has 0 unspecified atom stereocenters. The van der Waals surface area contributed by atoms with Crippen LogP contribution in [0.3, 0.4) is 0 Å². The first-order valence-electron chi connectivity index (χ1n) is 12.2. The minimum atomic E-state index is -0.369. The van der Waals surface area contributed by atoms with Crippen LogP contribution in [0.15, 0.2) is 60.8 Å². The molecule has 10 nitrogen and oxygen atoms in total. The molecule has 5 amide bonds. The van der Waals surface area contributed by atoms with Crippen molar-refractivity contribution in [1.29, 1.82) is 0 Å². The van der Waals surface area contributed by atoms with Crippen molar-refractivity contribution in [2.45, 2.75) is 6.92 Å². The zero-order chi connectivity index (χ0) is 26.2. The Morgan fingerprint density at radius 1 is 1.08 bits per heavy atom. The van der Waals surface area contributed by atoms with E-state index in [9.17, 15) is 14.4 Å². The summed E-state index contributed by atoms with van der Waals surface area (Å²) in [6.45, 7) is 3.84. The number of benzene rings is 2. The first kappa shape index (κ1) is 23.7. The quantitative estimate of drug-likeness (QED) is 0.318. The molecule has 11 heteroatoms. The fourth-order valence-corrected chi connectivity index (χ4v) is 5.70. The van der Waals surface area contributed by atoms with Gasteiger partial charge in [0.2, 0.25) is 0 Å². The number of carbonyl (C=O) groups excluding carboxylic acids is 3. The van der Waals surface area contributed by atoms with Gasteiger partial charge in [0.15, 0.2) is 0 Å². The van der Waals surface area contributed by atoms with Gasteiger partial charge in [-0.05, 0) is 48.9 Å². The van der Waals surface area contributed by atoms with Crippen LogP contribution in [0.4, 0.5) is 26.7 Å². The standard InChI is InChI=1S/C27H24N6O4S/c1-16-15-18(37-17-5-3-2-4-6-17)7-8-19(16)33-20-9-10-29-25-21(20)22(31-27(33)36)23(38-25)24(34)28-11-13-32-14-12-30-26(32)35/h2-10,15H,11-14H2,1H3,(H,28,34)(H,30,35)(H,31,36). The summed E-state index contributed by atoms with van der Waals surface area (Å²) in [5.41, 5.74) is 2.65. The lowest BCUT2D eigenvalue weighted by atomic mass is 10.1. The second-order valence-corrected chi connectivity index (χ2v) is 9.92. The molecule has 192 valence electrons. The summed E-state index contributed by atoms with van der Waals surface area (Å²) in [6, 6.07) is 16.3. The molecule has 6 rings (SSSR count). The number of anilines is 3. The zero-order valence-corrected chi connectivity index (χ0v) is 21.3. The van der Waals surface area contributed by atoms with Gasteiger partial charge >= 0.3 is 12.1 Å². The molecule has 2 aromatic heterocycles. The molecule has 1 saturated heterocycles. The fraction of sp³-hybridized carbons (Fsp3) is 0.185. The SMILES string of the molecule is Cc1cc(Oc2ccccc2)ccc1N1C(=O)Nc2c(C(=O)NCCN3CCNC3=O)sc3nccc1c23. The van der Waals surface area contributed by atoms with Gasteiger partial charge in [0.1, 0.15) is 21.2 Å². The van der Waals surface area contributed by atoms with E-state index in [4.69, 9.17) is 4.74 Å². The maximum atomic E-state index is 13.4. The molecule has 0 bridgehead atoms. The van der Waals surface area contributed by atoms with Gasteiger partial charge in [0, 0.05) is 32.4 Å². The van der Waals surface area contributed by atoms with Gasteiger partial charge in [-0.2, -0.15) is 0 Å². The molecule has 1 fully saturated rings. The molecule has 3 N–H and O–H groups in total. The number of rotatable bonds is 7. The van der Waals surface area contributed by atoms with Crippen molar-refractivity contribution in [2.24, 2.45) is 0 Å². The van der Waals surface area contributed by atoms with Crippen LogP contribution in [0.1, 0.15) is 15.2 Å². The lowest BCUT2D eigenvalue weighted by Gasteiger charge is -2.29. The van der Waals surface area contributed by atoms with Gasteiger partial charge in [-0.15, -0.1) is 11.3 Å². The maximum absolute atomic E-state index is 13.4. The third-order valence-electron chi connectivity index (χ3n) is 6.45. The molecule has 38 heavy (non-hydrogen) atoms. The van der Waals surface area contributed by atoms with Gasteiger partial charge < -0.3 is 25.6 Å². The Balaban J connectivity index is 1.27. The van der Waals surface area contributed by atoms with Gasteiger partial charge in [-0.1, -0.05) is 18.2 Å². The number of hydrogen-bond donors (Lipinski definition) is 3. The Kier molecular flexibility index (Phi) is 6.04. The molecule has 0 aliphatic carbocycles. The van der Waals surface area contributed by atoms with Crippen molar-refractivity contribution in [2.75, 3.05) is 36.4 Å². The zero-order valence-electron chi connectivity index (χ0n) is 20.5. The Morgan fingerprint density at radius 2 is 1.92 bits per heavy atom. The maximum Gasteiger partial charge on any atom is 0.331 e. The minimum absolute atomic E-state index is 0.132.